The number of ketones is 1. The largest absolute Gasteiger partial charge is 0.496 e. The van der Waals surface area contributed by atoms with E-state index in [0.29, 0.717) is 11.3 Å². The third-order valence-corrected chi connectivity index (χ3v) is 4.43. The monoisotopic (exact) mass is 362 g/mol. The van der Waals surface area contributed by atoms with Gasteiger partial charge in [-0.3, -0.25) is 4.79 Å². The van der Waals surface area contributed by atoms with Crippen molar-refractivity contribution in [1.82, 2.24) is 5.01 Å². The molecule has 0 atom stereocenters. The number of Topliss-reactive ketones (excluding diaryl/α,β-unsaturated/α-hetero) is 1. The molecule has 0 aliphatic rings. The molecule has 0 aromatic heterocycles. The van der Waals surface area contributed by atoms with Crippen molar-refractivity contribution in [2.75, 3.05) is 13.7 Å². The maximum absolute atomic E-state index is 13.1. The summed E-state index contributed by atoms with van der Waals surface area (Å²) in [5.41, 5.74) is 1.72. The molecule has 0 aliphatic carbocycles. The van der Waals surface area contributed by atoms with E-state index in [1.807, 2.05) is 26.8 Å². The van der Waals surface area contributed by atoms with Crippen molar-refractivity contribution in [3.63, 3.8) is 0 Å². The second kappa shape index (κ2) is 7.37. The van der Waals surface area contributed by atoms with Gasteiger partial charge in [0.25, 0.3) is 0 Å². The molecule has 0 N–H and O–H groups in total. The fourth-order valence-electron chi connectivity index (χ4n) is 2.66. The van der Waals surface area contributed by atoms with Gasteiger partial charge >= 0.3 is 0 Å². The normalized spacial score (nSPS) is 12.7. The quantitative estimate of drug-likeness (QED) is 0.407. The highest BCUT2D eigenvalue weighted by atomic mass is 16.5. The van der Waals surface area contributed by atoms with E-state index in [1.165, 1.54) is 5.01 Å². The molecule has 0 spiro atoms. The standard InChI is InChI=1S/C21H34N2O3/c1-19(2,3)14-11-15(17(24)13-23(22-25)21(7,8)9)18(26-10)16(12-14)20(4,5)6/h11-12H,13H2,1-10H3. The van der Waals surface area contributed by atoms with Crippen LogP contribution >= 0.6 is 0 Å². The summed E-state index contributed by atoms with van der Waals surface area (Å²) in [6.07, 6.45) is 0. The average molecular weight is 363 g/mol. The Kier molecular flexibility index (Phi) is 6.28. The Labute approximate surface area is 158 Å². The summed E-state index contributed by atoms with van der Waals surface area (Å²) in [5, 5.41) is 4.32. The van der Waals surface area contributed by atoms with E-state index in [4.69, 9.17) is 4.74 Å². The zero-order chi connectivity index (χ0) is 20.5. The molecular weight excluding hydrogens is 328 g/mol. The van der Waals surface area contributed by atoms with E-state index in [0.717, 1.165) is 11.1 Å². The Hall–Kier alpha value is -1.91. The molecule has 0 unspecified atom stereocenters. The Balaban J connectivity index is 3.58. The minimum atomic E-state index is -0.529. The first-order valence-electron chi connectivity index (χ1n) is 9.00. The fraction of sp³-hybridized carbons (Fsp3) is 0.667. The van der Waals surface area contributed by atoms with Gasteiger partial charge < -0.3 is 4.74 Å². The number of rotatable bonds is 5. The molecule has 0 radical (unpaired) electrons. The van der Waals surface area contributed by atoms with Gasteiger partial charge in [-0.05, 0) is 43.2 Å². The van der Waals surface area contributed by atoms with Crippen molar-refractivity contribution < 1.29 is 9.53 Å². The SMILES string of the molecule is COc1c(C(=O)CN(N=O)C(C)(C)C)cc(C(C)(C)C)cc1C(C)(C)C. The predicted octanol–water partition coefficient (Wildman–Crippen LogP) is 5.25. The van der Waals surface area contributed by atoms with E-state index in [9.17, 15) is 9.70 Å². The first kappa shape index (κ1) is 22.1. The Morgan fingerprint density at radius 3 is 1.88 bits per heavy atom. The van der Waals surface area contributed by atoms with Crippen LogP contribution in [0, 0.1) is 4.91 Å². The Morgan fingerprint density at radius 2 is 1.54 bits per heavy atom. The van der Waals surface area contributed by atoms with Gasteiger partial charge in [0.15, 0.2) is 5.78 Å². The smallest absolute Gasteiger partial charge is 0.187 e. The first-order chi connectivity index (χ1) is 11.6. The number of nitroso groups, excluding NO2 is 1. The summed E-state index contributed by atoms with van der Waals surface area (Å²) in [5.74, 6) is 0.406. The predicted molar refractivity (Wildman–Crippen MR) is 107 cm³/mol. The highest BCUT2D eigenvalue weighted by Crippen LogP contribution is 2.38. The number of hydrogen-bond acceptors (Lipinski definition) is 4. The number of methoxy groups -OCH3 is 1. The Bertz CT molecular complexity index is 674. The van der Waals surface area contributed by atoms with E-state index in [-0.39, 0.29) is 23.2 Å². The van der Waals surface area contributed by atoms with Gasteiger partial charge in [-0.25, -0.2) is 5.01 Å². The van der Waals surface area contributed by atoms with Crippen LogP contribution in [-0.4, -0.2) is 30.0 Å². The molecule has 0 saturated carbocycles. The highest BCUT2D eigenvalue weighted by molar-refractivity contribution is 6.01. The van der Waals surface area contributed by atoms with Gasteiger partial charge in [-0.1, -0.05) is 47.6 Å². The maximum atomic E-state index is 13.1. The fourth-order valence-corrected chi connectivity index (χ4v) is 2.66. The van der Waals surface area contributed by atoms with Gasteiger partial charge in [0.2, 0.25) is 0 Å². The van der Waals surface area contributed by atoms with E-state index < -0.39 is 5.54 Å². The molecule has 1 rings (SSSR count). The van der Waals surface area contributed by atoms with Crippen molar-refractivity contribution in [2.24, 2.45) is 5.29 Å². The summed E-state index contributed by atoms with van der Waals surface area (Å²) in [6.45, 7) is 18.1. The summed E-state index contributed by atoms with van der Waals surface area (Å²) in [7, 11) is 1.58. The molecular formula is C21H34N2O3. The van der Waals surface area contributed by atoms with Crippen LogP contribution in [0.4, 0.5) is 0 Å². The summed E-state index contributed by atoms with van der Waals surface area (Å²) < 4.78 is 5.64. The molecule has 5 heteroatoms. The van der Waals surface area contributed by atoms with Crippen molar-refractivity contribution in [1.29, 1.82) is 0 Å². The Morgan fingerprint density at radius 1 is 1.00 bits per heavy atom. The van der Waals surface area contributed by atoms with E-state index in [1.54, 1.807) is 7.11 Å². The van der Waals surface area contributed by atoms with E-state index >= 15 is 0 Å². The average Bonchev–Trinajstić information content (AvgIpc) is 2.47. The molecule has 0 aliphatic heterocycles. The zero-order valence-corrected chi connectivity index (χ0v) is 18.0. The second-order valence-corrected chi connectivity index (χ2v) is 9.84. The topological polar surface area (TPSA) is 59.0 Å². The molecule has 5 nitrogen and oxygen atoms in total. The molecule has 0 bridgehead atoms. The van der Waals surface area contributed by atoms with E-state index in [2.05, 4.69) is 52.9 Å². The third kappa shape index (κ3) is 5.05. The molecule has 0 heterocycles. The number of carbonyl (C=O) groups excluding carboxylic acids is 1. The van der Waals surface area contributed by atoms with Crippen molar-refractivity contribution >= 4 is 5.78 Å². The molecule has 1 aromatic rings. The van der Waals surface area contributed by atoms with Crippen LogP contribution in [0.15, 0.2) is 17.4 Å². The van der Waals surface area contributed by atoms with Crippen molar-refractivity contribution in [2.45, 2.75) is 78.7 Å². The molecule has 0 amide bonds. The molecule has 146 valence electrons. The van der Waals surface area contributed by atoms with Crippen LogP contribution in [0.3, 0.4) is 0 Å². The number of ether oxygens (including phenoxy) is 1. The van der Waals surface area contributed by atoms with Gasteiger partial charge in [-0.15, -0.1) is 4.91 Å². The van der Waals surface area contributed by atoms with Crippen LogP contribution in [-0.2, 0) is 10.8 Å². The zero-order valence-electron chi connectivity index (χ0n) is 18.0. The summed E-state index contributed by atoms with van der Waals surface area (Å²) in [4.78, 5) is 24.3. The van der Waals surface area contributed by atoms with Gasteiger partial charge in [0.05, 0.1) is 23.5 Å². The molecule has 0 fully saturated rings. The lowest BCUT2D eigenvalue weighted by Crippen LogP contribution is -2.40. The minimum Gasteiger partial charge on any atom is -0.496 e. The second-order valence-electron chi connectivity index (χ2n) is 9.84. The first-order valence-corrected chi connectivity index (χ1v) is 9.00. The minimum absolute atomic E-state index is 0.0828. The lowest BCUT2D eigenvalue weighted by atomic mass is 9.78. The van der Waals surface area contributed by atoms with Gasteiger partial charge in [0.1, 0.15) is 12.3 Å². The maximum Gasteiger partial charge on any atom is 0.187 e. The van der Waals surface area contributed by atoms with Crippen LogP contribution in [0.2, 0.25) is 0 Å². The number of benzene rings is 1. The van der Waals surface area contributed by atoms with Gasteiger partial charge in [0, 0.05) is 5.56 Å². The van der Waals surface area contributed by atoms with Crippen LogP contribution in [0.25, 0.3) is 0 Å². The number of carbonyl (C=O) groups is 1. The van der Waals surface area contributed by atoms with Crippen molar-refractivity contribution in [3.8, 4) is 5.75 Å². The number of hydrogen-bond donors (Lipinski definition) is 0. The van der Waals surface area contributed by atoms with Crippen LogP contribution < -0.4 is 4.74 Å². The third-order valence-electron chi connectivity index (χ3n) is 4.43. The lowest BCUT2D eigenvalue weighted by molar-refractivity contribution is 0.0815. The number of nitrogens with zero attached hydrogens (tertiary/aromatic N) is 2. The van der Waals surface area contributed by atoms with Gasteiger partial charge in [-0.2, -0.15) is 0 Å². The molecule has 26 heavy (non-hydrogen) atoms. The summed E-state index contributed by atoms with van der Waals surface area (Å²) in [6, 6.07) is 4.01. The highest BCUT2D eigenvalue weighted by Gasteiger charge is 2.30. The summed E-state index contributed by atoms with van der Waals surface area (Å²) >= 11 is 0. The molecule has 1 aromatic carbocycles. The lowest BCUT2D eigenvalue weighted by Gasteiger charge is -2.31. The van der Waals surface area contributed by atoms with Crippen molar-refractivity contribution in [3.05, 3.63) is 33.7 Å². The van der Waals surface area contributed by atoms with Crippen LogP contribution in [0.5, 0.6) is 5.75 Å². The molecule has 0 saturated heterocycles. The van der Waals surface area contributed by atoms with Crippen LogP contribution in [0.1, 0.15) is 83.8 Å².